The highest BCUT2D eigenvalue weighted by atomic mass is 127. The normalized spacial score (nSPS) is 20.4. The van der Waals surface area contributed by atoms with Crippen LogP contribution < -0.4 is 0 Å². The Morgan fingerprint density at radius 2 is 1.12 bits per heavy atom. The highest BCUT2D eigenvalue weighted by molar-refractivity contribution is 14.1. The quantitative estimate of drug-likeness (QED) is 0.364. The smallest absolute Gasteiger partial charge is 0.244 e. The third-order valence-corrected chi connectivity index (χ3v) is 3.43. The summed E-state index contributed by atoms with van der Waals surface area (Å²) in [6, 6.07) is 0. The van der Waals surface area contributed by atoms with E-state index in [1.807, 2.05) is 0 Å². The molecule has 2 aliphatic heterocycles. The summed E-state index contributed by atoms with van der Waals surface area (Å²) in [5.41, 5.74) is 0. The molecule has 2 heterocycles. The minimum absolute atomic E-state index is 0.0735. The molecule has 2 fully saturated rings. The molecule has 2 rings (SSSR count). The standard InChI is InChI=1S/C4H4ClNO2.C4H4INO2/c2*5-6-3(7)1-2-4(6)8/h2*1-2H2. The van der Waals surface area contributed by atoms with Gasteiger partial charge in [-0.25, -0.2) is 3.11 Å². The average molecular weight is 359 g/mol. The van der Waals surface area contributed by atoms with Crippen LogP contribution in [0.4, 0.5) is 0 Å². The molecule has 88 valence electrons. The van der Waals surface area contributed by atoms with Gasteiger partial charge in [0.2, 0.25) is 23.6 Å². The lowest BCUT2D eigenvalue weighted by Gasteiger charge is -1.97. The van der Waals surface area contributed by atoms with Crippen LogP contribution in [0.1, 0.15) is 25.7 Å². The van der Waals surface area contributed by atoms with Gasteiger partial charge in [0.25, 0.3) is 0 Å². The first-order valence-corrected chi connectivity index (χ1v) is 5.77. The zero-order valence-corrected chi connectivity index (χ0v) is 11.0. The number of hydrogen-bond acceptors (Lipinski definition) is 4. The lowest BCUT2D eigenvalue weighted by Crippen LogP contribution is -2.16. The van der Waals surface area contributed by atoms with Crippen LogP contribution in [0.15, 0.2) is 0 Å². The molecule has 8 heteroatoms. The number of carbonyl (C=O) groups excluding carboxylic acids is 4. The molecule has 4 amide bonds. The average Bonchev–Trinajstić information content (AvgIpc) is 2.70. The molecular weight excluding hydrogens is 350 g/mol. The van der Waals surface area contributed by atoms with Crippen molar-refractivity contribution in [1.82, 2.24) is 7.53 Å². The Morgan fingerprint density at radius 1 is 0.812 bits per heavy atom. The van der Waals surface area contributed by atoms with Gasteiger partial charge in [0.1, 0.15) is 0 Å². The van der Waals surface area contributed by atoms with Crippen molar-refractivity contribution in [2.45, 2.75) is 25.7 Å². The van der Waals surface area contributed by atoms with E-state index in [1.54, 1.807) is 22.9 Å². The number of halogens is 2. The van der Waals surface area contributed by atoms with Crippen LogP contribution in [-0.2, 0) is 19.2 Å². The monoisotopic (exact) mass is 358 g/mol. The van der Waals surface area contributed by atoms with Gasteiger partial charge in [-0.1, -0.05) is 0 Å². The van der Waals surface area contributed by atoms with E-state index in [4.69, 9.17) is 11.8 Å². The van der Waals surface area contributed by atoms with Gasteiger partial charge in [0, 0.05) is 37.5 Å². The lowest BCUT2D eigenvalue weighted by molar-refractivity contribution is -0.133. The summed E-state index contributed by atoms with van der Waals surface area (Å²) in [7, 11) is 0. The summed E-state index contributed by atoms with van der Waals surface area (Å²) in [4.78, 5) is 41.7. The molecule has 0 radical (unpaired) electrons. The van der Waals surface area contributed by atoms with Crippen molar-refractivity contribution < 1.29 is 19.2 Å². The van der Waals surface area contributed by atoms with Crippen molar-refractivity contribution in [1.29, 1.82) is 0 Å². The van der Waals surface area contributed by atoms with E-state index < -0.39 is 0 Å². The van der Waals surface area contributed by atoms with Crippen molar-refractivity contribution in [2.75, 3.05) is 0 Å². The van der Waals surface area contributed by atoms with Crippen LogP contribution in [0.5, 0.6) is 0 Å². The molecule has 0 spiro atoms. The maximum Gasteiger partial charge on any atom is 0.244 e. The Labute approximate surface area is 110 Å². The second-order valence-electron chi connectivity index (χ2n) is 3.14. The predicted molar refractivity (Wildman–Crippen MR) is 62.0 cm³/mol. The molecule has 0 aromatic rings. The van der Waals surface area contributed by atoms with Gasteiger partial charge in [0.05, 0.1) is 22.9 Å². The van der Waals surface area contributed by atoms with Crippen molar-refractivity contribution in [3.8, 4) is 0 Å². The van der Waals surface area contributed by atoms with Gasteiger partial charge < -0.3 is 0 Å². The fourth-order valence-corrected chi connectivity index (χ4v) is 1.75. The fraction of sp³-hybridized carbons (Fsp3) is 0.500. The van der Waals surface area contributed by atoms with Crippen LogP contribution in [0.25, 0.3) is 0 Å². The van der Waals surface area contributed by atoms with Gasteiger partial charge in [-0.05, 0) is 0 Å². The summed E-state index contributed by atoms with van der Waals surface area (Å²) in [5.74, 6) is -0.737. The molecule has 2 saturated heterocycles. The molecule has 0 saturated carbocycles. The molecule has 0 unspecified atom stereocenters. The van der Waals surface area contributed by atoms with Crippen LogP contribution in [0.2, 0.25) is 0 Å². The first kappa shape index (κ1) is 13.4. The second kappa shape index (κ2) is 5.58. The summed E-state index contributed by atoms with van der Waals surface area (Å²) in [5, 5.41) is 0. The molecule has 0 aromatic carbocycles. The van der Waals surface area contributed by atoms with E-state index in [9.17, 15) is 19.2 Å². The Morgan fingerprint density at radius 3 is 1.25 bits per heavy atom. The Bertz CT molecular complexity index is 294. The first-order chi connectivity index (χ1) is 7.43. The van der Waals surface area contributed by atoms with Gasteiger partial charge >= 0.3 is 0 Å². The number of amides is 4. The zero-order chi connectivity index (χ0) is 12.3. The predicted octanol–water partition coefficient (Wildman–Crippen LogP) is 0.775. The number of hydrogen-bond donors (Lipinski definition) is 0. The van der Waals surface area contributed by atoms with E-state index in [0.29, 0.717) is 17.3 Å². The first-order valence-electron chi connectivity index (χ1n) is 4.46. The maximum absolute atomic E-state index is 10.5. The molecule has 2 aliphatic rings. The van der Waals surface area contributed by atoms with Crippen molar-refractivity contribution in [2.24, 2.45) is 0 Å². The van der Waals surface area contributed by atoms with Gasteiger partial charge in [0.15, 0.2) is 0 Å². The molecule has 0 atom stereocenters. The van der Waals surface area contributed by atoms with Crippen LogP contribution in [-0.4, -0.2) is 31.2 Å². The van der Waals surface area contributed by atoms with E-state index in [2.05, 4.69) is 0 Å². The molecule has 0 bridgehead atoms. The van der Waals surface area contributed by atoms with E-state index in [1.165, 1.54) is 0 Å². The Kier molecular flexibility index (Phi) is 4.66. The van der Waals surface area contributed by atoms with Gasteiger partial charge in [-0.2, -0.15) is 4.42 Å². The molecule has 0 N–H and O–H groups in total. The number of nitrogens with zero attached hydrogens (tertiary/aromatic N) is 2. The van der Waals surface area contributed by atoms with Crippen molar-refractivity contribution in [3.63, 3.8) is 0 Å². The molecular formula is C8H8ClIN2O4. The van der Waals surface area contributed by atoms with Gasteiger partial charge in [-0.15, -0.1) is 0 Å². The minimum atomic E-state index is -0.295. The highest BCUT2D eigenvalue weighted by Crippen LogP contribution is 2.15. The summed E-state index contributed by atoms with van der Waals surface area (Å²) in [6.45, 7) is 0. The Balaban J connectivity index is 0.000000160. The molecule has 6 nitrogen and oxygen atoms in total. The molecule has 0 aromatic heterocycles. The largest absolute Gasteiger partial charge is 0.274 e. The van der Waals surface area contributed by atoms with Crippen molar-refractivity contribution in [3.05, 3.63) is 0 Å². The summed E-state index contributed by atoms with van der Waals surface area (Å²) >= 11 is 6.87. The van der Waals surface area contributed by atoms with E-state index in [-0.39, 0.29) is 36.5 Å². The number of carbonyl (C=O) groups is 4. The van der Waals surface area contributed by atoms with Crippen LogP contribution in [0, 0.1) is 0 Å². The third-order valence-electron chi connectivity index (χ3n) is 1.98. The third kappa shape index (κ3) is 3.14. The number of rotatable bonds is 0. The summed E-state index contributed by atoms with van der Waals surface area (Å²) in [6.07, 6.45) is 1.31. The summed E-state index contributed by atoms with van der Waals surface area (Å²) < 4.78 is 1.78. The Hall–Kier alpha value is -0.700. The molecule has 0 aliphatic carbocycles. The molecule has 16 heavy (non-hydrogen) atoms. The lowest BCUT2D eigenvalue weighted by atomic mass is 10.4. The number of imide groups is 2. The second-order valence-corrected chi connectivity index (χ2v) is 4.44. The zero-order valence-electron chi connectivity index (χ0n) is 8.11. The van der Waals surface area contributed by atoms with Crippen LogP contribution in [0.3, 0.4) is 0 Å². The van der Waals surface area contributed by atoms with E-state index >= 15 is 0 Å². The van der Waals surface area contributed by atoms with Crippen molar-refractivity contribution >= 4 is 58.3 Å². The van der Waals surface area contributed by atoms with E-state index in [0.717, 1.165) is 3.11 Å². The highest BCUT2D eigenvalue weighted by Gasteiger charge is 2.27. The minimum Gasteiger partial charge on any atom is -0.274 e. The van der Waals surface area contributed by atoms with Gasteiger partial charge in [-0.3, -0.25) is 19.2 Å². The SMILES string of the molecule is O=C1CCC(=O)N1Cl.O=C1CCC(=O)N1I. The maximum atomic E-state index is 10.5. The fourth-order valence-electron chi connectivity index (χ4n) is 1.10. The van der Waals surface area contributed by atoms with Crippen LogP contribution >= 0.6 is 34.6 Å². The topological polar surface area (TPSA) is 74.8 Å².